The summed E-state index contributed by atoms with van der Waals surface area (Å²) in [5.74, 6) is 0. The van der Waals surface area contributed by atoms with Crippen LogP contribution in [0.4, 0.5) is 0 Å². The third-order valence-electron chi connectivity index (χ3n) is 1.67. The lowest BCUT2D eigenvalue weighted by Crippen LogP contribution is -2.26. The van der Waals surface area contributed by atoms with Gasteiger partial charge in [-0.2, -0.15) is 0 Å². The SMILES string of the molecule is C[SiH]1CC[Si](C)(C)O1. The molecule has 0 radical (unpaired) electrons. The Morgan fingerprint density at radius 1 is 1.50 bits per heavy atom. The fourth-order valence-corrected chi connectivity index (χ4v) is 10.9. The molecule has 0 N–H and O–H groups in total. The van der Waals surface area contributed by atoms with Crippen LogP contribution in [0, 0.1) is 0 Å². The van der Waals surface area contributed by atoms with E-state index < -0.39 is 17.4 Å². The minimum absolute atomic E-state index is 0.613. The maximum Gasteiger partial charge on any atom is 0.172 e. The molecule has 0 aromatic carbocycles. The van der Waals surface area contributed by atoms with Crippen molar-refractivity contribution in [2.75, 3.05) is 0 Å². The van der Waals surface area contributed by atoms with Gasteiger partial charge in [0.05, 0.1) is 0 Å². The molecule has 1 atom stereocenters. The molecule has 0 aromatic heterocycles. The third kappa shape index (κ3) is 1.43. The molecule has 3 heteroatoms. The highest BCUT2D eigenvalue weighted by Gasteiger charge is 2.31. The van der Waals surface area contributed by atoms with Crippen LogP contribution in [0.5, 0.6) is 0 Å². The summed E-state index contributed by atoms with van der Waals surface area (Å²) in [4.78, 5) is 0. The third-order valence-corrected chi connectivity index (χ3v) is 9.01. The van der Waals surface area contributed by atoms with Crippen LogP contribution in [0.1, 0.15) is 0 Å². The molecule has 0 aromatic rings. The lowest BCUT2D eigenvalue weighted by Gasteiger charge is -2.14. The van der Waals surface area contributed by atoms with Crippen molar-refractivity contribution in [1.82, 2.24) is 0 Å². The quantitative estimate of drug-likeness (QED) is 0.471. The van der Waals surface area contributed by atoms with Crippen molar-refractivity contribution in [1.29, 1.82) is 0 Å². The molecule has 0 bridgehead atoms. The van der Waals surface area contributed by atoms with E-state index in [9.17, 15) is 0 Å². The largest absolute Gasteiger partial charge is 0.458 e. The lowest BCUT2D eigenvalue weighted by molar-refractivity contribution is 0.598. The predicted octanol–water partition coefficient (Wildman–Crippen LogP) is 1.58. The van der Waals surface area contributed by atoms with Crippen molar-refractivity contribution in [3.8, 4) is 0 Å². The maximum absolute atomic E-state index is 5.83. The molecule has 1 unspecified atom stereocenters. The first-order valence-corrected chi connectivity index (χ1v) is 8.84. The molecule has 1 aliphatic heterocycles. The summed E-state index contributed by atoms with van der Waals surface area (Å²) in [5.41, 5.74) is 0. The summed E-state index contributed by atoms with van der Waals surface area (Å²) in [6, 6.07) is 2.85. The van der Waals surface area contributed by atoms with E-state index in [1.807, 2.05) is 0 Å². The van der Waals surface area contributed by atoms with Gasteiger partial charge in [-0.1, -0.05) is 0 Å². The average molecular weight is 146 g/mol. The predicted molar refractivity (Wildman–Crippen MR) is 41.2 cm³/mol. The second-order valence-corrected chi connectivity index (χ2v) is 10.4. The molecule has 0 saturated carbocycles. The van der Waals surface area contributed by atoms with Gasteiger partial charge in [0.1, 0.15) is 0 Å². The standard InChI is InChI=1S/C5H14OSi2/c1-7-4-5-8(2,3)6-7/h7H,4-5H2,1-3H3. The fourth-order valence-electron chi connectivity index (χ4n) is 1.21. The molecule has 1 nitrogen and oxygen atoms in total. The number of rotatable bonds is 0. The zero-order valence-electron chi connectivity index (χ0n) is 5.90. The molecule has 1 heterocycles. The van der Waals surface area contributed by atoms with Gasteiger partial charge in [0.2, 0.25) is 0 Å². The van der Waals surface area contributed by atoms with Gasteiger partial charge in [0.25, 0.3) is 0 Å². The Kier molecular flexibility index (Phi) is 1.60. The van der Waals surface area contributed by atoms with Crippen LogP contribution in [-0.4, -0.2) is 17.4 Å². The van der Waals surface area contributed by atoms with Gasteiger partial charge < -0.3 is 4.12 Å². The maximum atomic E-state index is 5.83. The first-order chi connectivity index (χ1) is 3.60. The van der Waals surface area contributed by atoms with Gasteiger partial charge in [0.15, 0.2) is 17.4 Å². The summed E-state index contributed by atoms with van der Waals surface area (Å²) in [6.45, 7) is 6.95. The zero-order valence-corrected chi connectivity index (χ0v) is 8.05. The first-order valence-electron chi connectivity index (χ1n) is 3.28. The van der Waals surface area contributed by atoms with Gasteiger partial charge in [-0.25, -0.2) is 0 Å². The van der Waals surface area contributed by atoms with E-state index in [4.69, 9.17) is 4.12 Å². The smallest absolute Gasteiger partial charge is 0.172 e. The minimum atomic E-state index is -1.04. The van der Waals surface area contributed by atoms with Crippen LogP contribution in [0.3, 0.4) is 0 Å². The second-order valence-electron chi connectivity index (χ2n) is 3.23. The molecule has 48 valence electrons. The van der Waals surface area contributed by atoms with Gasteiger partial charge in [0, 0.05) is 0 Å². The van der Waals surface area contributed by atoms with E-state index in [1.165, 1.54) is 12.1 Å². The van der Waals surface area contributed by atoms with Crippen LogP contribution >= 0.6 is 0 Å². The highest BCUT2D eigenvalue weighted by molar-refractivity contribution is 6.82. The molecule has 0 aliphatic carbocycles. The Labute approximate surface area is 53.9 Å². The summed E-state index contributed by atoms with van der Waals surface area (Å²) in [6.07, 6.45) is 0. The molecule has 8 heavy (non-hydrogen) atoms. The van der Waals surface area contributed by atoms with Crippen molar-refractivity contribution in [2.45, 2.75) is 31.7 Å². The highest BCUT2D eigenvalue weighted by atomic mass is 28.4. The van der Waals surface area contributed by atoms with Crippen LogP contribution in [0.25, 0.3) is 0 Å². The lowest BCUT2D eigenvalue weighted by atomic mass is 10.9. The molecule has 0 amide bonds. The van der Waals surface area contributed by atoms with Crippen molar-refractivity contribution in [3.05, 3.63) is 0 Å². The Morgan fingerprint density at radius 2 is 2.12 bits per heavy atom. The minimum Gasteiger partial charge on any atom is -0.458 e. The Morgan fingerprint density at radius 3 is 2.25 bits per heavy atom. The molecule has 1 fully saturated rings. The van der Waals surface area contributed by atoms with Gasteiger partial charge >= 0.3 is 0 Å². The van der Waals surface area contributed by atoms with Gasteiger partial charge in [-0.3, -0.25) is 0 Å². The molecule has 1 rings (SSSR count). The number of hydrogen-bond acceptors (Lipinski definition) is 1. The van der Waals surface area contributed by atoms with E-state index in [0.29, 0.717) is 0 Å². The van der Waals surface area contributed by atoms with Crippen molar-refractivity contribution in [2.24, 2.45) is 0 Å². The van der Waals surface area contributed by atoms with E-state index in [1.54, 1.807) is 0 Å². The van der Waals surface area contributed by atoms with Crippen LogP contribution in [0.2, 0.25) is 31.7 Å². The highest BCUT2D eigenvalue weighted by Crippen LogP contribution is 2.24. The van der Waals surface area contributed by atoms with Crippen molar-refractivity contribution < 1.29 is 4.12 Å². The van der Waals surface area contributed by atoms with Crippen molar-refractivity contribution >= 4 is 17.4 Å². The fraction of sp³-hybridized carbons (Fsp3) is 1.00. The van der Waals surface area contributed by atoms with Crippen LogP contribution in [0.15, 0.2) is 0 Å². The van der Waals surface area contributed by atoms with Crippen LogP contribution < -0.4 is 0 Å². The normalized spacial score (nSPS) is 35.6. The molecule has 1 aliphatic rings. The second kappa shape index (κ2) is 1.97. The summed E-state index contributed by atoms with van der Waals surface area (Å²) in [5, 5.41) is 0. The Hall–Kier alpha value is 0.394. The van der Waals surface area contributed by atoms with Gasteiger partial charge in [-0.15, -0.1) is 0 Å². The van der Waals surface area contributed by atoms with E-state index in [0.717, 1.165) is 0 Å². The molecular formula is C5H14OSi2. The van der Waals surface area contributed by atoms with Crippen LogP contribution in [-0.2, 0) is 4.12 Å². The summed E-state index contributed by atoms with van der Waals surface area (Å²) >= 11 is 0. The average Bonchev–Trinajstić information content (AvgIpc) is 1.82. The monoisotopic (exact) mass is 146 g/mol. The van der Waals surface area contributed by atoms with Gasteiger partial charge in [-0.05, 0) is 31.7 Å². The summed E-state index contributed by atoms with van der Waals surface area (Å²) in [7, 11) is -1.65. The number of hydrogen-bond donors (Lipinski definition) is 0. The topological polar surface area (TPSA) is 9.23 Å². The van der Waals surface area contributed by atoms with Crippen molar-refractivity contribution in [3.63, 3.8) is 0 Å². The van der Waals surface area contributed by atoms with E-state index >= 15 is 0 Å². The first kappa shape index (κ1) is 6.51. The van der Waals surface area contributed by atoms with E-state index in [2.05, 4.69) is 19.6 Å². The zero-order chi connectivity index (χ0) is 6.20. The molecular weight excluding hydrogens is 132 g/mol. The Bertz CT molecular complexity index is 92.4. The molecule has 1 saturated heterocycles. The molecule has 0 spiro atoms. The van der Waals surface area contributed by atoms with E-state index in [-0.39, 0.29) is 0 Å². The Balaban J connectivity index is 2.44. The summed E-state index contributed by atoms with van der Waals surface area (Å²) < 4.78 is 5.83.